The smallest absolute Gasteiger partial charge is 0.254 e. The number of para-hydroxylation sites is 1. The van der Waals surface area contributed by atoms with Crippen LogP contribution in [-0.2, 0) is 0 Å². The molecule has 0 saturated carbocycles. The first kappa shape index (κ1) is 21.2. The van der Waals surface area contributed by atoms with Crippen LogP contribution in [0.15, 0.2) is 71.3 Å². The number of methoxy groups -OCH3 is 1. The van der Waals surface area contributed by atoms with Crippen LogP contribution in [-0.4, -0.2) is 63.2 Å². The van der Waals surface area contributed by atoms with Crippen molar-refractivity contribution in [1.29, 1.82) is 0 Å². The third-order valence-corrected chi connectivity index (χ3v) is 6.46. The molecule has 6 rings (SSSR count). The second-order valence-corrected chi connectivity index (χ2v) is 8.61. The van der Waals surface area contributed by atoms with Crippen molar-refractivity contribution < 1.29 is 13.9 Å². The van der Waals surface area contributed by atoms with Crippen molar-refractivity contribution in [3.63, 3.8) is 0 Å². The number of nitrogens with zero attached hydrogens (tertiary/aromatic N) is 6. The van der Waals surface area contributed by atoms with Gasteiger partial charge < -0.3 is 19.0 Å². The molecule has 1 fully saturated rings. The summed E-state index contributed by atoms with van der Waals surface area (Å²) in [6, 6.07) is 18.8. The molecule has 5 aromatic rings. The van der Waals surface area contributed by atoms with Gasteiger partial charge in [0.25, 0.3) is 5.91 Å². The van der Waals surface area contributed by atoms with Crippen LogP contribution in [0.5, 0.6) is 5.75 Å². The van der Waals surface area contributed by atoms with E-state index in [0.717, 1.165) is 22.5 Å². The first-order valence-corrected chi connectivity index (χ1v) is 11.5. The highest BCUT2D eigenvalue weighted by atomic mass is 16.5. The van der Waals surface area contributed by atoms with Crippen molar-refractivity contribution in [3.05, 3.63) is 72.5 Å². The number of carbonyl (C=O) groups is 1. The van der Waals surface area contributed by atoms with E-state index in [1.807, 2.05) is 63.9 Å². The number of furan rings is 1. The van der Waals surface area contributed by atoms with Crippen LogP contribution < -0.4 is 9.64 Å². The lowest BCUT2D eigenvalue weighted by atomic mass is 10.1. The zero-order valence-electron chi connectivity index (χ0n) is 19.5. The van der Waals surface area contributed by atoms with Crippen molar-refractivity contribution in [2.45, 2.75) is 13.0 Å². The van der Waals surface area contributed by atoms with Crippen LogP contribution in [0.4, 0.5) is 5.95 Å². The number of hydrogen-bond donors (Lipinski definition) is 0. The summed E-state index contributed by atoms with van der Waals surface area (Å²) in [6.07, 6.45) is 1.62. The molecule has 1 unspecified atom stereocenters. The Morgan fingerprint density at radius 1 is 1.06 bits per heavy atom. The van der Waals surface area contributed by atoms with Gasteiger partial charge in [-0.2, -0.15) is 0 Å². The number of anilines is 1. The van der Waals surface area contributed by atoms with Gasteiger partial charge in [-0.15, -0.1) is 10.2 Å². The molecule has 0 spiro atoms. The van der Waals surface area contributed by atoms with Crippen LogP contribution in [0.1, 0.15) is 17.3 Å². The number of benzene rings is 2. The lowest BCUT2D eigenvalue weighted by molar-refractivity contribution is 0.0673. The lowest BCUT2D eigenvalue weighted by Gasteiger charge is -2.40. The Morgan fingerprint density at radius 3 is 2.74 bits per heavy atom. The molecule has 9 heteroatoms. The van der Waals surface area contributed by atoms with Crippen LogP contribution in [0.2, 0.25) is 0 Å². The molecule has 3 aromatic heterocycles. The summed E-state index contributed by atoms with van der Waals surface area (Å²) in [4.78, 5) is 22.4. The molecular formula is C26H24N6O3. The van der Waals surface area contributed by atoms with E-state index in [4.69, 9.17) is 14.1 Å². The minimum Gasteiger partial charge on any atom is -0.497 e. The number of ether oxygens (including phenoxy) is 1. The highest BCUT2D eigenvalue weighted by Crippen LogP contribution is 2.30. The quantitative estimate of drug-likeness (QED) is 0.395. The molecule has 9 nitrogen and oxygen atoms in total. The number of hydrogen-bond acceptors (Lipinski definition) is 7. The Bertz CT molecular complexity index is 1530. The summed E-state index contributed by atoms with van der Waals surface area (Å²) >= 11 is 0. The fourth-order valence-electron chi connectivity index (χ4n) is 4.71. The van der Waals surface area contributed by atoms with Crippen LogP contribution in [0.25, 0.3) is 28.1 Å². The van der Waals surface area contributed by atoms with Crippen LogP contribution in [0.3, 0.4) is 0 Å². The Kier molecular flexibility index (Phi) is 5.09. The first-order chi connectivity index (χ1) is 17.1. The van der Waals surface area contributed by atoms with Crippen molar-refractivity contribution in [3.8, 4) is 17.3 Å². The van der Waals surface area contributed by atoms with Gasteiger partial charge in [-0.25, -0.2) is 9.38 Å². The first-order valence-electron chi connectivity index (χ1n) is 11.5. The normalized spacial score (nSPS) is 16.2. The zero-order chi connectivity index (χ0) is 23.9. The zero-order valence-corrected chi connectivity index (χ0v) is 19.5. The molecular weight excluding hydrogens is 444 g/mol. The van der Waals surface area contributed by atoms with Crippen molar-refractivity contribution in [2.24, 2.45) is 0 Å². The summed E-state index contributed by atoms with van der Waals surface area (Å²) in [5, 5.41) is 9.84. The van der Waals surface area contributed by atoms with Gasteiger partial charge in [0, 0.05) is 36.6 Å². The van der Waals surface area contributed by atoms with Crippen molar-refractivity contribution in [2.75, 3.05) is 31.6 Å². The molecule has 0 bridgehead atoms. The predicted molar refractivity (Wildman–Crippen MR) is 132 cm³/mol. The summed E-state index contributed by atoms with van der Waals surface area (Å²) in [5.74, 6) is 2.61. The van der Waals surface area contributed by atoms with Gasteiger partial charge in [-0.1, -0.05) is 18.2 Å². The van der Waals surface area contributed by atoms with Gasteiger partial charge in [0.05, 0.1) is 18.9 Å². The average molecular weight is 469 g/mol. The van der Waals surface area contributed by atoms with Gasteiger partial charge in [0.15, 0.2) is 11.4 Å². The second kappa shape index (κ2) is 8.43. The molecule has 0 aliphatic carbocycles. The van der Waals surface area contributed by atoms with Crippen LogP contribution in [0, 0.1) is 0 Å². The monoisotopic (exact) mass is 468 g/mol. The van der Waals surface area contributed by atoms with Gasteiger partial charge >= 0.3 is 0 Å². The van der Waals surface area contributed by atoms with E-state index in [2.05, 4.69) is 22.0 Å². The summed E-state index contributed by atoms with van der Waals surface area (Å²) in [5.41, 5.74) is 2.19. The largest absolute Gasteiger partial charge is 0.497 e. The van der Waals surface area contributed by atoms with Gasteiger partial charge in [-0.05, 0) is 49.4 Å². The number of piperazine rings is 1. The molecule has 2 aromatic carbocycles. The average Bonchev–Trinajstić information content (AvgIpc) is 3.58. The minimum absolute atomic E-state index is 0.00626. The van der Waals surface area contributed by atoms with Crippen molar-refractivity contribution >= 4 is 28.4 Å². The summed E-state index contributed by atoms with van der Waals surface area (Å²) in [6.45, 7) is 3.86. The highest BCUT2D eigenvalue weighted by molar-refractivity contribution is 5.95. The minimum atomic E-state index is -0.0330. The molecule has 35 heavy (non-hydrogen) atoms. The molecule has 176 valence electrons. The lowest BCUT2D eigenvalue weighted by Crippen LogP contribution is -2.54. The Hall–Kier alpha value is -4.40. The highest BCUT2D eigenvalue weighted by Gasteiger charge is 2.31. The van der Waals surface area contributed by atoms with Crippen molar-refractivity contribution in [1.82, 2.24) is 24.5 Å². The molecule has 0 radical (unpaired) electrons. The maximum Gasteiger partial charge on any atom is 0.254 e. The Morgan fingerprint density at radius 2 is 1.94 bits per heavy atom. The molecule has 1 saturated heterocycles. The van der Waals surface area contributed by atoms with E-state index in [1.165, 1.54) is 0 Å². The Labute approximate surface area is 201 Å². The second-order valence-electron chi connectivity index (χ2n) is 8.61. The number of carbonyl (C=O) groups excluding carboxylic acids is 1. The Balaban J connectivity index is 1.37. The third-order valence-electron chi connectivity index (χ3n) is 6.46. The van der Waals surface area contributed by atoms with E-state index in [9.17, 15) is 4.79 Å². The molecule has 1 atom stereocenters. The van der Waals surface area contributed by atoms with E-state index >= 15 is 0 Å². The molecule has 1 amide bonds. The van der Waals surface area contributed by atoms with E-state index in [1.54, 1.807) is 19.4 Å². The topological polar surface area (TPSA) is 89.0 Å². The maximum atomic E-state index is 13.3. The fraction of sp³-hybridized carbons (Fsp3) is 0.231. The van der Waals surface area contributed by atoms with E-state index in [-0.39, 0.29) is 11.9 Å². The fourth-order valence-corrected chi connectivity index (χ4v) is 4.71. The molecule has 1 aliphatic rings. The van der Waals surface area contributed by atoms with E-state index in [0.29, 0.717) is 42.5 Å². The number of fused-ring (bicyclic) bond motifs is 3. The number of amides is 1. The molecule has 1 aliphatic heterocycles. The predicted octanol–water partition coefficient (Wildman–Crippen LogP) is 3.90. The van der Waals surface area contributed by atoms with Crippen LogP contribution >= 0.6 is 0 Å². The summed E-state index contributed by atoms with van der Waals surface area (Å²) < 4.78 is 12.9. The van der Waals surface area contributed by atoms with E-state index < -0.39 is 0 Å². The summed E-state index contributed by atoms with van der Waals surface area (Å²) in [7, 11) is 1.60. The standard InChI is InChI=1S/C26H24N6O3/c1-17-16-30(12-13-31(17)25(33)18-7-5-8-19(15-18)34-2)26-27-21-10-4-3-9-20(21)23-28-29-24(32(23)26)22-11-6-14-35-22/h3-11,14-15,17H,12-13,16H2,1-2H3. The number of rotatable bonds is 4. The maximum absolute atomic E-state index is 13.3. The molecule has 0 N–H and O–H groups in total. The van der Waals surface area contributed by atoms with Gasteiger partial charge in [-0.3, -0.25) is 4.79 Å². The van der Waals surface area contributed by atoms with Gasteiger partial charge in [0.2, 0.25) is 11.8 Å². The number of aromatic nitrogens is 4. The SMILES string of the molecule is COc1cccc(C(=O)N2CCN(c3nc4ccccc4c4nnc(-c5ccco5)n34)CC2C)c1. The third kappa shape index (κ3) is 3.56. The van der Waals surface area contributed by atoms with Gasteiger partial charge in [0.1, 0.15) is 5.75 Å². The molecule has 4 heterocycles.